The van der Waals surface area contributed by atoms with E-state index in [0.717, 1.165) is 30.8 Å². The summed E-state index contributed by atoms with van der Waals surface area (Å²) < 4.78 is 42.1. The number of aromatic nitrogens is 1. The third-order valence-corrected chi connectivity index (χ3v) is 7.88. The molecule has 12 heteroatoms. The molecule has 0 bridgehead atoms. The van der Waals surface area contributed by atoms with Gasteiger partial charge in [0.15, 0.2) is 6.61 Å². The smallest absolute Gasteiger partial charge is 0.343 e. The Kier molecular flexibility index (Phi) is 7.69. The fraction of sp³-hybridized carbons (Fsp3) is 0.450. The minimum absolute atomic E-state index is 0.0182. The lowest BCUT2D eigenvalue weighted by atomic mass is 10.2. The van der Waals surface area contributed by atoms with Crippen molar-refractivity contribution in [2.45, 2.75) is 31.1 Å². The number of piperidine rings is 1. The Morgan fingerprint density at radius 1 is 1.22 bits per heavy atom. The van der Waals surface area contributed by atoms with Crippen molar-refractivity contribution in [3.63, 3.8) is 0 Å². The molecule has 2 N–H and O–H groups in total. The summed E-state index contributed by atoms with van der Waals surface area (Å²) in [6.07, 6.45) is 2.60. The number of aryl methyl sites for hydroxylation is 1. The Bertz CT molecular complexity index is 1090. The number of ether oxygens (including phenoxy) is 2. The lowest BCUT2D eigenvalue weighted by Crippen LogP contribution is -2.35. The van der Waals surface area contributed by atoms with Crippen molar-refractivity contribution < 1.29 is 27.5 Å². The van der Waals surface area contributed by atoms with Gasteiger partial charge in [-0.15, -0.1) is 0 Å². The second kappa shape index (κ2) is 10.3. The molecule has 3 rings (SSSR count). The van der Waals surface area contributed by atoms with E-state index in [4.69, 9.17) is 9.47 Å². The van der Waals surface area contributed by atoms with E-state index >= 15 is 0 Å². The molecular formula is C20H26N4O6S2. The van der Waals surface area contributed by atoms with Gasteiger partial charge < -0.3 is 20.1 Å². The Labute approximate surface area is 191 Å². The molecule has 1 fully saturated rings. The first kappa shape index (κ1) is 24.0. The van der Waals surface area contributed by atoms with Crippen LogP contribution in [0, 0.1) is 6.92 Å². The van der Waals surface area contributed by atoms with Crippen LogP contribution in [0.2, 0.25) is 0 Å². The maximum Gasteiger partial charge on any atom is 0.343 e. The quantitative estimate of drug-likeness (QED) is 0.550. The second-order valence-corrected chi connectivity index (χ2v) is 9.86. The zero-order chi connectivity index (χ0) is 23.3. The van der Waals surface area contributed by atoms with Gasteiger partial charge >= 0.3 is 5.97 Å². The summed E-state index contributed by atoms with van der Waals surface area (Å²) in [5, 5.41) is 5.99. The number of hydrogen-bond donors (Lipinski definition) is 2. The molecule has 174 valence electrons. The Hall–Kier alpha value is -2.70. The number of benzene rings is 1. The van der Waals surface area contributed by atoms with Gasteiger partial charge in [-0.3, -0.25) is 4.79 Å². The van der Waals surface area contributed by atoms with E-state index in [-0.39, 0.29) is 21.9 Å². The highest BCUT2D eigenvalue weighted by molar-refractivity contribution is 7.89. The zero-order valence-corrected chi connectivity index (χ0v) is 19.8. The number of carbonyl (C=O) groups excluding carboxylic acids is 2. The van der Waals surface area contributed by atoms with Crippen LogP contribution in [0.3, 0.4) is 0 Å². The molecule has 2 heterocycles. The van der Waals surface area contributed by atoms with Gasteiger partial charge in [0.25, 0.3) is 5.91 Å². The highest BCUT2D eigenvalue weighted by Gasteiger charge is 2.29. The maximum atomic E-state index is 13.1. The molecule has 1 aromatic heterocycles. The van der Waals surface area contributed by atoms with Crippen LogP contribution in [0.1, 0.15) is 35.3 Å². The van der Waals surface area contributed by atoms with Gasteiger partial charge in [-0.05, 0) is 49.5 Å². The first-order valence-corrected chi connectivity index (χ1v) is 12.3. The van der Waals surface area contributed by atoms with E-state index in [1.807, 2.05) is 0 Å². The average Bonchev–Trinajstić information content (AvgIpc) is 3.18. The van der Waals surface area contributed by atoms with E-state index in [1.165, 1.54) is 29.6 Å². The molecule has 2 aromatic rings. The second-order valence-electron chi connectivity index (χ2n) is 7.18. The largest absolute Gasteiger partial charge is 0.495 e. The minimum atomic E-state index is -3.77. The molecule has 0 radical (unpaired) electrons. The fourth-order valence-corrected chi connectivity index (χ4v) is 5.81. The number of rotatable bonds is 8. The summed E-state index contributed by atoms with van der Waals surface area (Å²) >= 11 is 1.13. The molecule has 1 amide bonds. The lowest BCUT2D eigenvalue weighted by molar-refractivity contribution is -0.119. The Morgan fingerprint density at radius 3 is 2.59 bits per heavy atom. The predicted molar refractivity (Wildman–Crippen MR) is 121 cm³/mol. The van der Waals surface area contributed by atoms with E-state index < -0.39 is 28.5 Å². The minimum Gasteiger partial charge on any atom is -0.495 e. The summed E-state index contributed by atoms with van der Waals surface area (Å²) in [4.78, 5) is 24.6. The summed E-state index contributed by atoms with van der Waals surface area (Å²) in [6.45, 7) is 2.04. The number of methoxy groups -OCH3 is 1. The first-order valence-electron chi connectivity index (χ1n) is 10.1. The summed E-state index contributed by atoms with van der Waals surface area (Å²) in [5.74, 6) is -1.07. The highest BCUT2D eigenvalue weighted by atomic mass is 32.2. The molecule has 0 unspecified atom stereocenters. The number of amides is 1. The Morgan fingerprint density at radius 2 is 1.94 bits per heavy atom. The van der Waals surface area contributed by atoms with Gasteiger partial charge in [0.2, 0.25) is 10.0 Å². The van der Waals surface area contributed by atoms with Crippen LogP contribution >= 0.6 is 11.5 Å². The molecule has 10 nitrogen and oxygen atoms in total. The molecule has 0 atom stereocenters. The normalized spacial score (nSPS) is 14.6. The zero-order valence-electron chi connectivity index (χ0n) is 18.1. The van der Waals surface area contributed by atoms with Crippen LogP contribution in [0.15, 0.2) is 23.1 Å². The van der Waals surface area contributed by atoms with Crippen LogP contribution in [0.5, 0.6) is 5.75 Å². The summed E-state index contributed by atoms with van der Waals surface area (Å²) in [5.41, 5.74) is 1.05. The fourth-order valence-electron chi connectivity index (χ4n) is 3.38. The van der Waals surface area contributed by atoms with Gasteiger partial charge in [0, 0.05) is 25.8 Å². The molecular weight excluding hydrogens is 456 g/mol. The van der Waals surface area contributed by atoms with Crippen molar-refractivity contribution in [2.24, 2.45) is 0 Å². The van der Waals surface area contributed by atoms with Crippen LogP contribution in [0.4, 0.5) is 10.7 Å². The maximum absolute atomic E-state index is 13.1. The molecule has 1 saturated heterocycles. The standard InChI is InChI=1S/C20H26N4O6S2/c1-13-18(19(21-2)31-23-13)20(26)30-12-17(25)22-14-7-8-15(29-3)16(11-14)32(27,28)24-9-5-4-6-10-24/h7-8,11,21H,4-6,9-10,12H2,1-3H3,(H,22,25). The summed E-state index contributed by atoms with van der Waals surface area (Å²) in [6, 6.07) is 4.37. The molecule has 1 aliphatic heterocycles. The molecule has 32 heavy (non-hydrogen) atoms. The van der Waals surface area contributed by atoms with Crippen LogP contribution in [-0.2, 0) is 19.6 Å². The molecule has 1 aromatic carbocycles. The van der Waals surface area contributed by atoms with Crippen molar-refractivity contribution in [3.8, 4) is 5.75 Å². The molecule has 0 spiro atoms. The monoisotopic (exact) mass is 482 g/mol. The van der Waals surface area contributed by atoms with Gasteiger partial charge in [-0.1, -0.05) is 6.42 Å². The van der Waals surface area contributed by atoms with E-state index in [9.17, 15) is 18.0 Å². The van der Waals surface area contributed by atoms with E-state index in [1.54, 1.807) is 14.0 Å². The number of hydrogen-bond acceptors (Lipinski definition) is 9. The van der Waals surface area contributed by atoms with E-state index in [2.05, 4.69) is 15.0 Å². The van der Waals surface area contributed by atoms with Gasteiger partial charge in [-0.2, -0.15) is 8.68 Å². The number of sulfonamides is 1. The number of carbonyl (C=O) groups is 2. The SMILES string of the molecule is CNc1snc(C)c1C(=O)OCC(=O)Nc1ccc(OC)c(S(=O)(=O)N2CCCCC2)c1. The van der Waals surface area contributed by atoms with Crippen LogP contribution in [-0.4, -0.2) is 62.8 Å². The van der Waals surface area contributed by atoms with Crippen LogP contribution in [0.25, 0.3) is 0 Å². The molecule has 0 aliphatic carbocycles. The lowest BCUT2D eigenvalue weighted by Gasteiger charge is -2.26. The van der Waals surface area contributed by atoms with E-state index in [0.29, 0.717) is 23.8 Å². The number of nitrogens with one attached hydrogen (secondary N) is 2. The first-order chi connectivity index (χ1) is 15.3. The third-order valence-electron chi connectivity index (χ3n) is 5.01. The number of anilines is 2. The highest BCUT2D eigenvalue weighted by Crippen LogP contribution is 2.31. The Balaban J connectivity index is 1.70. The van der Waals surface area contributed by atoms with Gasteiger partial charge in [0.1, 0.15) is 21.2 Å². The van der Waals surface area contributed by atoms with Crippen molar-refractivity contribution in [1.82, 2.24) is 8.68 Å². The van der Waals surface area contributed by atoms with Crippen LogP contribution < -0.4 is 15.4 Å². The van der Waals surface area contributed by atoms with Crippen molar-refractivity contribution in [2.75, 3.05) is 44.5 Å². The predicted octanol–water partition coefficient (Wildman–Crippen LogP) is 2.47. The average molecular weight is 483 g/mol. The molecule has 0 saturated carbocycles. The van der Waals surface area contributed by atoms with Gasteiger partial charge in [0.05, 0.1) is 12.8 Å². The number of nitrogens with zero attached hydrogens (tertiary/aromatic N) is 2. The molecule has 1 aliphatic rings. The third kappa shape index (κ3) is 5.19. The summed E-state index contributed by atoms with van der Waals surface area (Å²) in [7, 11) is -0.718. The number of esters is 1. The van der Waals surface area contributed by atoms with Gasteiger partial charge in [-0.25, -0.2) is 13.2 Å². The topological polar surface area (TPSA) is 127 Å². The van der Waals surface area contributed by atoms with Crippen molar-refractivity contribution >= 4 is 44.1 Å². The van der Waals surface area contributed by atoms with Crippen molar-refractivity contribution in [1.29, 1.82) is 0 Å². The van der Waals surface area contributed by atoms with Crippen molar-refractivity contribution in [3.05, 3.63) is 29.5 Å².